The number of unbranched alkanes of at least 4 members (excludes halogenated alkanes) is 5. The Morgan fingerprint density at radius 1 is 1.00 bits per heavy atom. The van der Waals surface area contributed by atoms with Gasteiger partial charge in [0.1, 0.15) is 0 Å². The molecular weight excluding hydrogens is 264 g/mol. The molecule has 0 saturated heterocycles. The fraction of sp³-hybridized carbons (Fsp3) is 0.941. The lowest BCUT2D eigenvalue weighted by atomic mass is 9.97. The number of carbonyl (C=O) groups is 1. The van der Waals surface area contributed by atoms with Crippen molar-refractivity contribution in [2.45, 2.75) is 90.9 Å². The van der Waals surface area contributed by atoms with Crippen molar-refractivity contribution >= 4 is 14.0 Å². The summed E-state index contributed by atoms with van der Waals surface area (Å²) in [4.78, 5) is 12.2. The van der Waals surface area contributed by atoms with E-state index < -0.39 is 8.07 Å². The van der Waals surface area contributed by atoms with Gasteiger partial charge in [0.2, 0.25) is 0 Å². The third-order valence-corrected chi connectivity index (χ3v) is 7.56. The van der Waals surface area contributed by atoms with Crippen LogP contribution in [0.5, 0.6) is 0 Å². The first-order valence-corrected chi connectivity index (χ1v) is 12.1. The highest BCUT2D eigenvalue weighted by Gasteiger charge is 2.34. The number of ether oxygens (including phenoxy) is 1. The number of hydrogen-bond donors (Lipinski definition) is 0. The van der Waals surface area contributed by atoms with Crippen molar-refractivity contribution in [2.24, 2.45) is 5.92 Å². The average molecular weight is 301 g/mol. The van der Waals surface area contributed by atoms with E-state index in [-0.39, 0.29) is 11.9 Å². The van der Waals surface area contributed by atoms with Crippen molar-refractivity contribution in [3.63, 3.8) is 0 Å². The maximum atomic E-state index is 12.2. The summed E-state index contributed by atoms with van der Waals surface area (Å²) in [5.41, 5.74) is 0.497. The SMILES string of the molecule is CCCCCCCCC(C(=O)OCC)C(C)[Si](C)(C)C. The Kier molecular flexibility index (Phi) is 10.3. The summed E-state index contributed by atoms with van der Waals surface area (Å²) in [6.07, 6.45) is 8.71. The van der Waals surface area contributed by atoms with Crippen LogP contribution in [0.15, 0.2) is 0 Å². The minimum absolute atomic E-state index is 0.0379. The van der Waals surface area contributed by atoms with E-state index in [1.54, 1.807) is 0 Å². The van der Waals surface area contributed by atoms with Gasteiger partial charge >= 0.3 is 5.97 Å². The number of rotatable bonds is 11. The lowest BCUT2D eigenvalue weighted by molar-refractivity contribution is -0.148. The highest BCUT2D eigenvalue weighted by atomic mass is 28.3. The maximum Gasteiger partial charge on any atom is 0.308 e. The average Bonchev–Trinajstić information content (AvgIpc) is 2.36. The minimum Gasteiger partial charge on any atom is -0.466 e. The van der Waals surface area contributed by atoms with E-state index in [0.29, 0.717) is 12.1 Å². The van der Waals surface area contributed by atoms with Crippen molar-refractivity contribution in [3.05, 3.63) is 0 Å². The zero-order chi connectivity index (χ0) is 15.6. The van der Waals surface area contributed by atoms with Crippen molar-refractivity contribution in [2.75, 3.05) is 6.61 Å². The van der Waals surface area contributed by atoms with E-state index in [1.165, 1.54) is 38.5 Å². The van der Waals surface area contributed by atoms with E-state index in [9.17, 15) is 4.79 Å². The highest BCUT2D eigenvalue weighted by Crippen LogP contribution is 2.34. The lowest BCUT2D eigenvalue weighted by Crippen LogP contribution is -2.36. The molecular formula is C17H36O2Si. The molecule has 0 aromatic rings. The van der Waals surface area contributed by atoms with Gasteiger partial charge < -0.3 is 4.74 Å². The molecule has 0 bridgehead atoms. The quantitative estimate of drug-likeness (QED) is 0.280. The van der Waals surface area contributed by atoms with E-state index in [0.717, 1.165) is 6.42 Å². The maximum absolute atomic E-state index is 12.2. The van der Waals surface area contributed by atoms with Gasteiger partial charge in [0.15, 0.2) is 0 Å². The van der Waals surface area contributed by atoms with E-state index in [4.69, 9.17) is 4.74 Å². The summed E-state index contributed by atoms with van der Waals surface area (Å²) in [6, 6.07) is 0. The summed E-state index contributed by atoms with van der Waals surface area (Å²) < 4.78 is 5.30. The molecule has 20 heavy (non-hydrogen) atoms. The third kappa shape index (κ3) is 8.08. The van der Waals surface area contributed by atoms with Crippen molar-refractivity contribution < 1.29 is 9.53 Å². The molecule has 0 aliphatic carbocycles. The molecule has 0 spiro atoms. The van der Waals surface area contributed by atoms with Crippen LogP contribution in [-0.2, 0) is 9.53 Å². The van der Waals surface area contributed by atoms with Crippen molar-refractivity contribution in [1.82, 2.24) is 0 Å². The molecule has 0 fully saturated rings. The molecule has 2 unspecified atom stereocenters. The van der Waals surface area contributed by atoms with Gasteiger partial charge in [-0.3, -0.25) is 4.79 Å². The van der Waals surface area contributed by atoms with Crippen LogP contribution in [0.4, 0.5) is 0 Å². The summed E-state index contributed by atoms with van der Waals surface area (Å²) >= 11 is 0. The Hall–Kier alpha value is -0.313. The molecule has 0 N–H and O–H groups in total. The number of carbonyl (C=O) groups excluding carboxylic acids is 1. The molecule has 2 nitrogen and oxygen atoms in total. The minimum atomic E-state index is -1.30. The Bertz CT molecular complexity index is 258. The highest BCUT2D eigenvalue weighted by molar-refractivity contribution is 6.77. The van der Waals surface area contributed by atoms with Gasteiger partial charge in [-0.15, -0.1) is 0 Å². The molecule has 0 saturated carbocycles. The fourth-order valence-electron chi connectivity index (χ4n) is 2.57. The van der Waals surface area contributed by atoms with Crippen LogP contribution in [0, 0.1) is 5.92 Å². The Labute approximate surface area is 127 Å². The molecule has 0 aliphatic rings. The predicted molar refractivity (Wildman–Crippen MR) is 90.9 cm³/mol. The van der Waals surface area contributed by atoms with Crippen LogP contribution in [0.1, 0.15) is 65.7 Å². The second-order valence-electron chi connectivity index (χ2n) is 7.07. The second-order valence-corrected chi connectivity index (χ2v) is 12.7. The van der Waals surface area contributed by atoms with Gasteiger partial charge in [0.05, 0.1) is 12.5 Å². The van der Waals surface area contributed by atoms with Crippen LogP contribution in [0.2, 0.25) is 25.2 Å². The topological polar surface area (TPSA) is 26.3 Å². The molecule has 120 valence electrons. The van der Waals surface area contributed by atoms with Crippen molar-refractivity contribution in [1.29, 1.82) is 0 Å². The normalized spacial score (nSPS) is 14.9. The molecule has 3 heteroatoms. The standard InChI is InChI=1S/C17H36O2Si/c1-7-9-10-11-12-13-14-16(17(18)19-8-2)15(3)20(4,5)6/h15-16H,7-14H2,1-6H3. The van der Waals surface area contributed by atoms with E-state index >= 15 is 0 Å². The van der Waals surface area contributed by atoms with Crippen LogP contribution in [-0.4, -0.2) is 20.7 Å². The first kappa shape index (κ1) is 19.7. The Morgan fingerprint density at radius 2 is 1.55 bits per heavy atom. The summed E-state index contributed by atoms with van der Waals surface area (Å²) in [6.45, 7) is 14.0. The van der Waals surface area contributed by atoms with Gasteiger partial charge in [0.25, 0.3) is 0 Å². The van der Waals surface area contributed by atoms with E-state index in [2.05, 4.69) is 33.5 Å². The summed E-state index contributed by atoms with van der Waals surface area (Å²) in [5.74, 6) is 0.156. The zero-order valence-corrected chi connectivity index (χ0v) is 15.6. The molecule has 0 aromatic heterocycles. The van der Waals surface area contributed by atoms with Gasteiger partial charge in [0, 0.05) is 8.07 Å². The molecule has 2 atom stereocenters. The monoisotopic (exact) mass is 300 g/mol. The van der Waals surface area contributed by atoms with Crippen molar-refractivity contribution in [3.8, 4) is 0 Å². The van der Waals surface area contributed by atoms with Crippen LogP contribution >= 0.6 is 0 Å². The van der Waals surface area contributed by atoms with Crippen LogP contribution in [0.25, 0.3) is 0 Å². The first-order chi connectivity index (χ1) is 9.34. The van der Waals surface area contributed by atoms with Gasteiger partial charge in [-0.1, -0.05) is 72.0 Å². The molecule has 0 amide bonds. The largest absolute Gasteiger partial charge is 0.466 e. The van der Waals surface area contributed by atoms with Gasteiger partial charge in [-0.05, 0) is 18.9 Å². The molecule has 0 aromatic carbocycles. The molecule has 0 radical (unpaired) electrons. The lowest BCUT2D eigenvalue weighted by Gasteiger charge is -2.31. The number of hydrogen-bond acceptors (Lipinski definition) is 2. The Morgan fingerprint density at radius 3 is 2.05 bits per heavy atom. The summed E-state index contributed by atoms with van der Waals surface area (Å²) in [7, 11) is -1.30. The molecule has 0 aliphatic heterocycles. The Balaban J connectivity index is 4.29. The first-order valence-electron chi connectivity index (χ1n) is 8.51. The van der Waals surface area contributed by atoms with E-state index in [1.807, 2.05) is 6.92 Å². The predicted octanol–water partition coefficient (Wildman–Crippen LogP) is 5.64. The van der Waals surface area contributed by atoms with Crippen LogP contribution in [0.3, 0.4) is 0 Å². The summed E-state index contributed by atoms with van der Waals surface area (Å²) in [5, 5.41) is 0. The second kappa shape index (κ2) is 10.4. The number of esters is 1. The van der Waals surface area contributed by atoms with Gasteiger partial charge in [-0.25, -0.2) is 0 Å². The molecule has 0 rings (SSSR count). The zero-order valence-electron chi connectivity index (χ0n) is 14.6. The molecule has 0 heterocycles. The van der Waals surface area contributed by atoms with Crippen LogP contribution < -0.4 is 0 Å². The third-order valence-electron chi connectivity index (χ3n) is 4.43. The smallest absolute Gasteiger partial charge is 0.308 e. The van der Waals surface area contributed by atoms with Gasteiger partial charge in [-0.2, -0.15) is 0 Å². The fourth-order valence-corrected chi connectivity index (χ4v) is 4.08.